The first-order valence-electron chi connectivity index (χ1n) is 7.32. The summed E-state index contributed by atoms with van der Waals surface area (Å²) >= 11 is 3.41. The Labute approximate surface area is 134 Å². The first-order chi connectivity index (χ1) is 10.0. The van der Waals surface area contributed by atoms with E-state index < -0.39 is 6.10 Å². The Morgan fingerprint density at radius 3 is 2.67 bits per heavy atom. The van der Waals surface area contributed by atoms with Gasteiger partial charge in [-0.25, -0.2) is 0 Å². The average Bonchev–Trinajstić information content (AvgIpc) is 2.91. The molecule has 0 aliphatic rings. The van der Waals surface area contributed by atoms with E-state index in [-0.39, 0.29) is 0 Å². The van der Waals surface area contributed by atoms with Crippen molar-refractivity contribution in [1.29, 1.82) is 0 Å². The average molecular weight is 352 g/mol. The molecule has 0 bridgehead atoms. The number of aromatic nitrogens is 2. The van der Waals surface area contributed by atoms with Crippen LogP contribution in [0.15, 0.2) is 34.9 Å². The number of nitrogens with zero attached hydrogens (tertiary/aromatic N) is 2. The summed E-state index contributed by atoms with van der Waals surface area (Å²) in [6.45, 7) is 4.32. The van der Waals surface area contributed by atoms with Crippen molar-refractivity contribution in [3.63, 3.8) is 0 Å². The third-order valence-electron chi connectivity index (χ3n) is 3.79. The Morgan fingerprint density at radius 1 is 1.29 bits per heavy atom. The summed E-state index contributed by atoms with van der Waals surface area (Å²) in [6, 6.07) is 7.92. The quantitative estimate of drug-likeness (QED) is 0.776. The maximum absolute atomic E-state index is 10.4. The second-order valence-electron chi connectivity index (χ2n) is 5.25. The third-order valence-corrected chi connectivity index (χ3v) is 4.28. The van der Waals surface area contributed by atoms with Crippen molar-refractivity contribution >= 4 is 21.6 Å². The van der Waals surface area contributed by atoms with Crippen LogP contribution in [0.3, 0.4) is 0 Å². The van der Waals surface area contributed by atoms with Crippen molar-refractivity contribution < 1.29 is 5.11 Å². The molecule has 1 heterocycles. The minimum Gasteiger partial charge on any atom is -0.398 e. The Hall–Kier alpha value is -1.33. The zero-order chi connectivity index (χ0) is 15.4. The van der Waals surface area contributed by atoms with Gasteiger partial charge in [-0.15, -0.1) is 0 Å². The van der Waals surface area contributed by atoms with Crippen LogP contribution < -0.4 is 5.73 Å². The van der Waals surface area contributed by atoms with Crippen LogP contribution in [0.1, 0.15) is 50.1 Å². The Morgan fingerprint density at radius 2 is 2.00 bits per heavy atom. The fourth-order valence-electron chi connectivity index (χ4n) is 2.49. The predicted molar refractivity (Wildman–Crippen MR) is 89.1 cm³/mol. The van der Waals surface area contributed by atoms with Gasteiger partial charge in [0.05, 0.1) is 17.8 Å². The highest BCUT2D eigenvalue weighted by atomic mass is 79.9. The number of rotatable bonds is 6. The molecule has 1 aromatic heterocycles. The maximum Gasteiger partial charge on any atom is 0.0866 e. The molecule has 0 radical (unpaired) electrons. The highest BCUT2D eigenvalue weighted by Gasteiger charge is 2.15. The molecule has 0 saturated heterocycles. The van der Waals surface area contributed by atoms with Gasteiger partial charge in [0.1, 0.15) is 0 Å². The summed E-state index contributed by atoms with van der Waals surface area (Å²) in [5.74, 6) is 0. The lowest BCUT2D eigenvalue weighted by Crippen LogP contribution is -2.09. The van der Waals surface area contributed by atoms with E-state index in [2.05, 4.69) is 34.9 Å². The van der Waals surface area contributed by atoms with Gasteiger partial charge in [-0.05, 0) is 37.1 Å². The summed E-state index contributed by atoms with van der Waals surface area (Å²) in [7, 11) is 0. The van der Waals surface area contributed by atoms with Gasteiger partial charge in [0.15, 0.2) is 0 Å². The monoisotopic (exact) mass is 351 g/mol. The van der Waals surface area contributed by atoms with Crippen molar-refractivity contribution in [1.82, 2.24) is 9.78 Å². The van der Waals surface area contributed by atoms with Gasteiger partial charge in [-0.3, -0.25) is 4.68 Å². The number of nitrogen functional groups attached to an aromatic ring is 1. The molecule has 5 heteroatoms. The van der Waals surface area contributed by atoms with Crippen LogP contribution in [0.5, 0.6) is 0 Å². The van der Waals surface area contributed by atoms with E-state index >= 15 is 0 Å². The Balaban J connectivity index is 2.12. The lowest BCUT2D eigenvalue weighted by Gasteiger charge is -2.14. The van der Waals surface area contributed by atoms with Crippen LogP contribution in [-0.4, -0.2) is 14.9 Å². The van der Waals surface area contributed by atoms with Gasteiger partial charge in [0.2, 0.25) is 0 Å². The van der Waals surface area contributed by atoms with Gasteiger partial charge in [-0.1, -0.05) is 29.8 Å². The van der Waals surface area contributed by atoms with Crippen LogP contribution in [-0.2, 0) is 6.42 Å². The molecule has 2 rings (SSSR count). The molecule has 0 fully saturated rings. The van der Waals surface area contributed by atoms with E-state index in [9.17, 15) is 5.11 Å². The van der Waals surface area contributed by atoms with Crippen molar-refractivity contribution in [2.75, 3.05) is 5.73 Å². The molecule has 0 spiro atoms. The van der Waals surface area contributed by atoms with E-state index in [0.29, 0.717) is 18.2 Å². The normalized spacial score (nSPS) is 12.8. The third kappa shape index (κ3) is 3.86. The standard InChI is InChI=1S/C16H22BrN3O/c1-3-13(4-2)20-8-7-12(19-20)10-16(21)14-9-11(17)5-6-15(14)18/h5-9,13,16,21H,3-4,10,18H2,1-2H3. The van der Waals surface area contributed by atoms with Crippen LogP contribution in [0.25, 0.3) is 0 Å². The van der Waals surface area contributed by atoms with Crippen LogP contribution in [0, 0.1) is 0 Å². The van der Waals surface area contributed by atoms with Crippen LogP contribution in [0.2, 0.25) is 0 Å². The number of aliphatic hydroxyl groups excluding tert-OH is 1. The molecule has 2 aromatic rings. The number of benzene rings is 1. The summed E-state index contributed by atoms with van der Waals surface area (Å²) in [6.07, 6.45) is 3.92. The second kappa shape index (κ2) is 7.09. The molecular weight excluding hydrogens is 330 g/mol. The maximum atomic E-state index is 10.4. The highest BCUT2D eigenvalue weighted by Crippen LogP contribution is 2.27. The van der Waals surface area contributed by atoms with E-state index in [1.165, 1.54) is 0 Å². The van der Waals surface area contributed by atoms with Crippen LogP contribution in [0.4, 0.5) is 5.69 Å². The number of aliphatic hydroxyl groups is 1. The molecule has 3 N–H and O–H groups in total. The number of hydrogen-bond donors (Lipinski definition) is 2. The summed E-state index contributed by atoms with van der Waals surface area (Å²) in [5.41, 5.74) is 8.16. The Kier molecular flexibility index (Phi) is 5.42. The van der Waals surface area contributed by atoms with Gasteiger partial charge in [0, 0.05) is 28.3 Å². The molecule has 0 aliphatic heterocycles. The summed E-state index contributed by atoms with van der Waals surface area (Å²) in [4.78, 5) is 0. The van der Waals surface area contributed by atoms with E-state index in [4.69, 9.17) is 5.73 Å². The van der Waals surface area contributed by atoms with Crippen LogP contribution >= 0.6 is 15.9 Å². The molecule has 1 atom stereocenters. The molecule has 0 aliphatic carbocycles. The number of hydrogen-bond acceptors (Lipinski definition) is 3. The first kappa shape index (κ1) is 16.0. The zero-order valence-corrected chi connectivity index (χ0v) is 14.0. The van der Waals surface area contributed by atoms with Crippen molar-refractivity contribution in [3.8, 4) is 0 Å². The van der Waals surface area contributed by atoms with Gasteiger partial charge >= 0.3 is 0 Å². The van der Waals surface area contributed by atoms with E-state index in [1.807, 2.05) is 29.1 Å². The minimum absolute atomic E-state index is 0.423. The molecule has 0 amide bonds. The Bertz CT molecular complexity index is 593. The van der Waals surface area contributed by atoms with Gasteiger partial charge in [0.25, 0.3) is 0 Å². The molecule has 1 unspecified atom stereocenters. The molecule has 1 aromatic carbocycles. The molecule has 4 nitrogen and oxygen atoms in total. The largest absolute Gasteiger partial charge is 0.398 e. The van der Waals surface area contributed by atoms with Crippen molar-refractivity contribution in [2.45, 2.75) is 45.3 Å². The van der Waals surface area contributed by atoms with Gasteiger partial charge in [-0.2, -0.15) is 5.10 Å². The lowest BCUT2D eigenvalue weighted by molar-refractivity contribution is 0.177. The van der Waals surface area contributed by atoms with E-state index in [1.54, 1.807) is 6.07 Å². The van der Waals surface area contributed by atoms with E-state index in [0.717, 1.165) is 28.6 Å². The first-order valence-corrected chi connectivity index (χ1v) is 8.11. The van der Waals surface area contributed by atoms with Crippen molar-refractivity contribution in [2.24, 2.45) is 0 Å². The predicted octanol–water partition coefficient (Wildman–Crippen LogP) is 3.87. The SMILES string of the molecule is CCC(CC)n1ccc(CC(O)c2cc(Br)ccc2N)n1. The highest BCUT2D eigenvalue weighted by molar-refractivity contribution is 9.10. The number of halogens is 1. The minimum atomic E-state index is -0.646. The summed E-state index contributed by atoms with van der Waals surface area (Å²) < 4.78 is 2.90. The lowest BCUT2D eigenvalue weighted by atomic mass is 10.0. The number of anilines is 1. The summed E-state index contributed by atoms with van der Waals surface area (Å²) in [5, 5.41) is 15.0. The zero-order valence-electron chi connectivity index (χ0n) is 12.5. The van der Waals surface area contributed by atoms with Gasteiger partial charge < -0.3 is 10.8 Å². The molecular formula is C16H22BrN3O. The topological polar surface area (TPSA) is 64.1 Å². The molecule has 0 saturated carbocycles. The second-order valence-corrected chi connectivity index (χ2v) is 6.17. The van der Waals surface area contributed by atoms with Crippen molar-refractivity contribution in [3.05, 3.63) is 46.2 Å². The fourth-order valence-corrected chi connectivity index (χ4v) is 2.87. The molecule has 21 heavy (non-hydrogen) atoms. The fraction of sp³-hybridized carbons (Fsp3) is 0.438. The smallest absolute Gasteiger partial charge is 0.0866 e. The molecule has 114 valence electrons. The number of nitrogens with two attached hydrogens (primary N) is 1.